The molecule has 1 aliphatic rings. The Morgan fingerprint density at radius 1 is 1.07 bits per heavy atom. The van der Waals surface area contributed by atoms with Gasteiger partial charge in [-0.3, -0.25) is 0 Å². The topological polar surface area (TPSA) is 90.3 Å². The number of carboxylic acid groups (broad SMARTS) is 2. The van der Waals surface area contributed by atoms with E-state index in [1.165, 1.54) is 45.7 Å². The smallest absolute Gasteiger partial charge is 0.414 e. The third-order valence-corrected chi connectivity index (χ3v) is 4.59. The van der Waals surface area contributed by atoms with E-state index in [9.17, 15) is 0 Å². The first-order valence-electron chi connectivity index (χ1n) is 9.13. The van der Waals surface area contributed by atoms with Gasteiger partial charge in [0.15, 0.2) is 0 Å². The molecule has 0 aliphatic carbocycles. The molecule has 1 aromatic rings. The Labute approximate surface area is 165 Å². The highest BCUT2D eigenvalue weighted by molar-refractivity contribution is 6.30. The fraction of sp³-hybridized carbons (Fsp3) is 0.579. The maximum Gasteiger partial charge on any atom is 0.414 e. The molecule has 0 radical (unpaired) electrons. The van der Waals surface area contributed by atoms with Crippen LogP contribution in [-0.4, -0.2) is 77.8 Å². The van der Waals surface area contributed by atoms with Gasteiger partial charge in [0.25, 0.3) is 0 Å². The second-order valence-corrected chi connectivity index (χ2v) is 6.79. The summed E-state index contributed by atoms with van der Waals surface area (Å²) in [4.78, 5) is 23.3. The molecule has 1 aromatic carbocycles. The number of carboxylic acids is 2. The van der Waals surface area contributed by atoms with Crippen LogP contribution in [0.15, 0.2) is 18.2 Å². The van der Waals surface area contributed by atoms with Gasteiger partial charge >= 0.3 is 11.9 Å². The minimum Gasteiger partial charge on any atom is -0.493 e. The van der Waals surface area contributed by atoms with Crippen LogP contribution in [0.25, 0.3) is 0 Å². The van der Waals surface area contributed by atoms with Crippen molar-refractivity contribution in [1.82, 2.24) is 9.80 Å². The first-order valence-corrected chi connectivity index (χ1v) is 9.51. The summed E-state index contributed by atoms with van der Waals surface area (Å²) in [6.45, 7) is 12.3. The second kappa shape index (κ2) is 12.5. The van der Waals surface area contributed by atoms with E-state index in [-0.39, 0.29) is 0 Å². The molecular weight excluding hydrogens is 372 g/mol. The molecule has 1 fully saturated rings. The van der Waals surface area contributed by atoms with Crippen LogP contribution < -0.4 is 4.74 Å². The Morgan fingerprint density at radius 3 is 2.19 bits per heavy atom. The number of carbonyl (C=O) groups is 2. The van der Waals surface area contributed by atoms with Gasteiger partial charge in [-0.2, -0.15) is 0 Å². The molecule has 0 aromatic heterocycles. The van der Waals surface area contributed by atoms with Crippen LogP contribution >= 0.6 is 11.6 Å². The summed E-state index contributed by atoms with van der Waals surface area (Å²) in [5.41, 5.74) is 1.11. The number of hydrogen-bond donors (Lipinski definition) is 2. The van der Waals surface area contributed by atoms with E-state index < -0.39 is 11.9 Å². The number of hydrogen-bond acceptors (Lipinski definition) is 5. The van der Waals surface area contributed by atoms with Crippen LogP contribution in [0.3, 0.4) is 0 Å². The molecule has 152 valence electrons. The highest BCUT2D eigenvalue weighted by atomic mass is 35.5. The molecule has 27 heavy (non-hydrogen) atoms. The zero-order valence-electron chi connectivity index (χ0n) is 16.0. The van der Waals surface area contributed by atoms with Crippen LogP contribution in [0.1, 0.15) is 25.3 Å². The van der Waals surface area contributed by atoms with Gasteiger partial charge in [-0.15, -0.1) is 0 Å². The van der Waals surface area contributed by atoms with Crippen molar-refractivity contribution in [2.24, 2.45) is 0 Å². The fourth-order valence-corrected chi connectivity index (χ4v) is 2.95. The fourth-order valence-electron chi connectivity index (χ4n) is 2.72. The molecule has 1 saturated heterocycles. The Balaban J connectivity index is 0.000000527. The first-order chi connectivity index (χ1) is 12.8. The average Bonchev–Trinajstić information content (AvgIpc) is 2.64. The Kier molecular flexibility index (Phi) is 10.8. The summed E-state index contributed by atoms with van der Waals surface area (Å²) in [7, 11) is 0. The lowest BCUT2D eigenvalue weighted by Crippen LogP contribution is -2.46. The predicted octanol–water partition coefficient (Wildman–Crippen LogP) is 2.60. The molecule has 0 amide bonds. The SMILES string of the molecule is CCN1CCN(CCCCOc2ccc(Cl)cc2C)CC1.O=C(O)C(=O)O. The van der Waals surface area contributed by atoms with Crippen molar-refractivity contribution in [2.75, 3.05) is 45.9 Å². The van der Waals surface area contributed by atoms with Crippen LogP contribution in [0.5, 0.6) is 5.75 Å². The highest BCUT2D eigenvalue weighted by Crippen LogP contribution is 2.21. The second-order valence-electron chi connectivity index (χ2n) is 6.35. The van der Waals surface area contributed by atoms with E-state index in [1.807, 2.05) is 25.1 Å². The van der Waals surface area contributed by atoms with Gasteiger partial charge in [0.1, 0.15) is 5.75 Å². The summed E-state index contributed by atoms with van der Waals surface area (Å²) in [5, 5.41) is 15.6. The van der Waals surface area contributed by atoms with Gasteiger partial charge in [0.05, 0.1) is 6.61 Å². The number of aliphatic carboxylic acids is 2. The Bertz CT molecular complexity index is 592. The van der Waals surface area contributed by atoms with Crippen LogP contribution in [0.2, 0.25) is 5.02 Å². The number of likely N-dealkylation sites (N-methyl/N-ethyl adjacent to an activating group) is 1. The predicted molar refractivity (Wildman–Crippen MR) is 105 cm³/mol. The largest absolute Gasteiger partial charge is 0.493 e. The zero-order valence-corrected chi connectivity index (χ0v) is 16.7. The average molecular weight is 401 g/mol. The summed E-state index contributed by atoms with van der Waals surface area (Å²) >= 11 is 5.94. The molecule has 1 heterocycles. The number of benzene rings is 1. The van der Waals surface area contributed by atoms with Gasteiger partial charge in [-0.25, -0.2) is 9.59 Å². The summed E-state index contributed by atoms with van der Waals surface area (Å²) < 4.78 is 5.83. The molecule has 7 nitrogen and oxygen atoms in total. The number of nitrogens with zero attached hydrogens (tertiary/aromatic N) is 2. The van der Waals surface area contributed by atoms with Gasteiger partial charge in [0, 0.05) is 31.2 Å². The lowest BCUT2D eigenvalue weighted by atomic mass is 10.2. The quantitative estimate of drug-likeness (QED) is 0.537. The van der Waals surface area contributed by atoms with Gasteiger partial charge < -0.3 is 24.7 Å². The maximum atomic E-state index is 9.10. The molecule has 8 heteroatoms. The molecule has 0 bridgehead atoms. The highest BCUT2D eigenvalue weighted by Gasteiger charge is 2.14. The Morgan fingerprint density at radius 2 is 1.67 bits per heavy atom. The van der Waals surface area contributed by atoms with Crippen LogP contribution in [0, 0.1) is 6.92 Å². The van der Waals surface area contributed by atoms with E-state index in [0.29, 0.717) is 0 Å². The van der Waals surface area contributed by atoms with Gasteiger partial charge in [0.2, 0.25) is 0 Å². The van der Waals surface area contributed by atoms with Crippen molar-refractivity contribution in [2.45, 2.75) is 26.7 Å². The summed E-state index contributed by atoms with van der Waals surface area (Å²) in [6, 6.07) is 5.79. The van der Waals surface area contributed by atoms with Crippen molar-refractivity contribution in [1.29, 1.82) is 0 Å². The lowest BCUT2D eigenvalue weighted by molar-refractivity contribution is -0.159. The van der Waals surface area contributed by atoms with E-state index in [2.05, 4.69) is 16.7 Å². The van der Waals surface area contributed by atoms with E-state index >= 15 is 0 Å². The molecule has 0 saturated carbocycles. The number of ether oxygens (including phenoxy) is 1. The number of piperazine rings is 1. The summed E-state index contributed by atoms with van der Waals surface area (Å²) in [5.74, 6) is -2.69. The van der Waals surface area contributed by atoms with Crippen LogP contribution in [-0.2, 0) is 9.59 Å². The first kappa shape index (κ1) is 23.2. The van der Waals surface area contributed by atoms with Crippen molar-refractivity contribution >= 4 is 23.5 Å². The van der Waals surface area contributed by atoms with E-state index in [1.54, 1.807) is 0 Å². The molecule has 2 N–H and O–H groups in total. The third kappa shape index (κ3) is 9.60. The molecule has 0 atom stereocenters. The van der Waals surface area contributed by atoms with Crippen molar-refractivity contribution in [3.8, 4) is 5.75 Å². The van der Waals surface area contributed by atoms with Crippen molar-refractivity contribution < 1.29 is 24.5 Å². The van der Waals surface area contributed by atoms with Gasteiger partial charge in [-0.1, -0.05) is 18.5 Å². The van der Waals surface area contributed by atoms with Crippen molar-refractivity contribution in [3.05, 3.63) is 28.8 Å². The number of unbranched alkanes of at least 4 members (excludes halogenated alkanes) is 1. The third-order valence-electron chi connectivity index (χ3n) is 4.36. The number of rotatable bonds is 7. The molecule has 0 unspecified atom stereocenters. The standard InChI is InChI=1S/C17H27ClN2O.C2H2O4/c1-3-19-9-11-20(12-10-19)8-4-5-13-21-17-7-6-16(18)14-15(17)2;3-1(4)2(5)6/h6-7,14H,3-5,8-13H2,1-2H3;(H,3,4)(H,5,6). The number of aryl methyl sites for hydroxylation is 1. The molecular formula is C19H29ClN2O5. The molecule has 1 aliphatic heterocycles. The molecule has 0 spiro atoms. The van der Waals surface area contributed by atoms with E-state index in [0.717, 1.165) is 29.4 Å². The maximum absolute atomic E-state index is 9.10. The Hall–Kier alpha value is -1.83. The minimum atomic E-state index is -1.82. The normalized spacial score (nSPS) is 14.9. The minimum absolute atomic E-state index is 0.770. The van der Waals surface area contributed by atoms with Crippen molar-refractivity contribution in [3.63, 3.8) is 0 Å². The molecule has 2 rings (SSSR count). The zero-order chi connectivity index (χ0) is 20.2. The summed E-state index contributed by atoms with van der Waals surface area (Å²) in [6.07, 6.45) is 2.31. The monoisotopic (exact) mass is 400 g/mol. The number of halogens is 1. The lowest BCUT2D eigenvalue weighted by Gasteiger charge is -2.33. The van der Waals surface area contributed by atoms with Crippen LogP contribution in [0.4, 0.5) is 0 Å². The van der Waals surface area contributed by atoms with E-state index in [4.69, 9.17) is 36.1 Å². The van der Waals surface area contributed by atoms with Gasteiger partial charge in [-0.05, 0) is 56.6 Å².